The zero-order chi connectivity index (χ0) is 19.6. The Balaban J connectivity index is 1.90. The van der Waals surface area contributed by atoms with Crippen molar-refractivity contribution >= 4 is 18.0 Å². The van der Waals surface area contributed by atoms with Crippen LogP contribution < -0.4 is 19.5 Å². The number of carbonyl (C=O) groups is 2. The molecule has 0 atom stereocenters. The van der Waals surface area contributed by atoms with Crippen molar-refractivity contribution in [2.75, 3.05) is 27.9 Å². The zero-order valence-corrected chi connectivity index (χ0v) is 16.1. The van der Waals surface area contributed by atoms with Crippen LogP contribution in [-0.2, 0) is 14.3 Å². The molecule has 1 aromatic carbocycles. The average molecular weight is 377 g/mol. The van der Waals surface area contributed by atoms with Gasteiger partial charge in [-0.3, -0.25) is 4.79 Å². The van der Waals surface area contributed by atoms with E-state index in [-0.39, 0.29) is 18.6 Å². The van der Waals surface area contributed by atoms with Crippen molar-refractivity contribution in [2.24, 2.45) is 0 Å². The van der Waals surface area contributed by atoms with Crippen molar-refractivity contribution < 1.29 is 28.5 Å². The Hall–Kier alpha value is -2.70. The molecule has 0 saturated heterocycles. The van der Waals surface area contributed by atoms with E-state index in [4.69, 9.17) is 18.9 Å². The first-order valence-electron chi connectivity index (χ1n) is 9.01. The number of amides is 1. The average Bonchev–Trinajstić information content (AvgIpc) is 2.70. The van der Waals surface area contributed by atoms with Crippen molar-refractivity contribution in [3.63, 3.8) is 0 Å². The SMILES string of the molecule is COc1cc(OC)c(OC)cc1/C=C/C(=O)OCC(=O)NC1CCCCC1. The topological polar surface area (TPSA) is 83.1 Å². The number of methoxy groups -OCH3 is 3. The van der Waals surface area contributed by atoms with Crippen LogP contribution in [0.5, 0.6) is 17.2 Å². The van der Waals surface area contributed by atoms with E-state index in [2.05, 4.69) is 5.32 Å². The van der Waals surface area contributed by atoms with Crippen LogP contribution in [0.1, 0.15) is 37.7 Å². The molecule has 7 nitrogen and oxygen atoms in total. The Labute approximate surface area is 159 Å². The van der Waals surface area contributed by atoms with Gasteiger partial charge in [0.25, 0.3) is 5.91 Å². The predicted molar refractivity (Wildman–Crippen MR) is 101 cm³/mol. The number of ether oxygens (including phenoxy) is 4. The van der Waals surface area contributed by atoms with Gasteiger partial charge < -0.3 is 24.3 Å². The summed E-state index contributed by atoms with van der Waals surface area (Å²) in [7, 11) is 4.58. The summed E-state index contributed by atoms with van der Waals surface area (Å²) in [6.07, 6.45) is 8.23. The molecule has 0 bridgehead atoms. The van der Waals surface area contributed by atoms with Crippen LogP contribution in [0.2, 0.25) is 0 Å². The lowest BCUT2D eigenvalue weighted by Crippen LogP contribution is -2.38. The second-order valence-electron chi connectivity index (χ2n) is 6.29. The summed E-state index contributed by atoms with van der Waals surface area (Å²) in [6.45, 7) is -0.289. The molecule has 0 aliphatic heterocycles. The van der Waals surface area contributed by atoms with E-state index < -0.39 is 5.97 Å². The fraction of sp³-hybridized carbons (Fsp3) is 0.500. The molecule has 0 aromatic heterocycles. The highest BCUT2D eigenvalue weighted by atomic mass is 16.5. The summed E-state index contributed by atoms with van der Waals surface area (Å²) in [6, 6.07) is 3.55. The lowest BCUT2D eigenvalue weighted by Gasteiger charge is -2.22. The first-order valence-corrected chi connectivity index (χ1v) is 9.01. The van der Waals surface area contributed by atoms with E-state index >= 15 is 0 Å². The van der Waals surface area contributed by atoms with Crippen molar-refractivity contribution in [1.29, 1.82) is 0 Å². The molecule has 0 radical (unpaired) electrons. The summed E-state index contributed by atoms with van der Waals surface area (Å²) >= 11 is 0. The molecule has 1 aromatic rings. The number of hydrogen-bond donors (Lipinski definition) is 1. The van der Waals surface area contributed by atoms with E-state index in [1.54, 1.807) is 18.2 Å². The van der Waals surface area contributed by atoms with E-state index in [1.807, 2.05) is 0 Å². The van der Waals surface area contributed by atoms with Gasteiger partial charge in [-0.2, -0.15) is 0 Å². The summed E-state index contributed by atoms with van der Waals surface area (Å²) in [5, 5.41) is 2.90. The third-order valence-electron chi connectivity index (χ3n) is 4.45. The Bertz CT molecular complexity index is 679. The quantitative estimate of drug-likeness (QED) is 0.554. The molecule has 0 unspecified atom stereocenters. The minimum Gasteiger partial charge on any atom is -0.496 e. The van der Waals surface area contributed by atoms with Gasteiger partial charge in [0.05, 0.1) is 21.3 Å². The summed E-state index contributed by atoms with van der Waals surface area (Å²) in [5.74, 6) is 0.677. The standard InChI is InChI=1S/C20H27NO6/c1-24-16-12-18(26-3)17(25-2)11-14(16)9-10-20(23)27-13-19(22)21-15-7-5-4-6-8-15/h9-12,15H,4-8,13H2,1-3H3,(H,21,22)/b10-9+. The van der Waals surface area contributed by atoms with Gasteiger partial charge in [-0.25, -0.2) is 4.79 Å². The lowest BCUT2D eigenvalue weighted by molar-refractivity contribution is -0.144. The molecule has 1 aliphatic carbocycles. The van der Waals surface area contributed by atoms with E-state index in [0.717, 1.165) is 25.7 Å². The molecule has 27 heavy (non-hydrogen) atoms. The van der Waals surface area contributed by atoms with Gasteiger partial charge in [-0.1, -0.05) is 19.3 Å². The number of rotatable bonds is 8. The molecule has 1 fully saturated rings. The van der Waals surface area contributed by atoms with Crippen molar-refractivity contribution in [2.45, 2.75) is 38.1 Å². The second-order valence-corrected chi connectivity index (χ2v) is 6.29. The monoisotopic (exact) mass is 377 g/mol. The van der Waals surface area contributed by atoms with Crippen LogP contribution in [0.15, 0.2) is 18.2 Å². The maximum Gasteiger partial charge on any atom is 0.331 e. The van der Waals surface area contributed by atoms with E-state index in [1.165, 1.54) is 33.8 Å². The van der Waals surface area contributed by atoms with Gasteiger partial charge in [0.15, 0.2) is 18.1 Å². The van der Waals surface area contributed by atoms with Crippen LogP contribution in [0, 0.1) is 0 Å². The van der Waals surface area contributed by atoms with Gasteiger partial charge in [-0.05, 0) is 25.0 Å². The van der Waals surface area contributed by atoms with Crippen LogP contribution in [0.3, 0.4) is 0 Å². The Morgan fingerprint density at radius 2 is 1.63 bits per heavy atom. The molecule has 1 aliphatic rings. The van der Waals surface area contributed by atoms with Crippen molar-refractivity contribution in [1.82, 2.24) is 5.32 Å². The normalized spacial score (nSPS) is 14.6. The van der Waals surface area contributed by atoms with Gasteiger partial charge in [0, 0.05) is 23.7 Å². The maximum atomic E-state index is 11.9. The summed E-state index contributed by atoms with van der Waals surface area (Å²) in [5.41, 5.74) is 0.624. The third kappa shape index (κ3) is 6.20. The fourth-order valence-electron chi connectivity index (χ4n) is 3.04. The zero-order valence-electron chi connectivity index (χ0n) is 16.1. The Morgan fingerprint density at radius 1 is 1.00 bits per heavy atom. The summed E-state index contributed by atoms with van der Waals surface area (Å²) in [4.78, 5) is 23.8. The minimum atomic E-state index is -0.606. The molecule has 1 saturated carbocycles. The van der Waals surface area contributed by atoms with E-state index in [9.17, 15) is 9.59 Å². The number of carbonyl (C=O) groups excluding carboxylic acids is 2. The first kappa shape index (κ1) is 20.6. The van der Waals surface area contributed by atoms with Crippen LogP contribution in [0.4, 0.5) is 0 Å². The minimum absolute atomic E-state index is 0.191. The first-order chi connectivity index (χ1) is 13.1. The second kappa shape index (κ2) is 10.4. The van der Waals surface area contributed by atoms with Gasteiger partial charge in [0.1, 0.15) is 5.75 Å². The van der Waals surface area contributed by atoms with E-state index in [0.29, 0.717) is 22.8 Å². The Morgan fingerprint density at radius 3 is 2.26 bits per heavy atom. The number of hydrogen-bond acceptors (Lipinski definition) is 6. The molecule has 1 N–H and O–H groups in total. The third-order valence-corrected chi connectivity index (χ3v) is 4.45. The highest BCUT2D eigenvalue weighted by molar-refractivity contribution is 5.90. The molecule has 0 heterocycles. The maximum absolute atomic E-state index is 11.9. The largest absolute Gasteiger partial charge is 0.496 e. The molecule has 148 valence electrons. The van der Waals surface area contributed by atoms with Crippen molar-refractivity contribution in [3.8, 4) is 17.2 Å². The lowest BCUT2D eigenvalue weighted by atomic mass is 9.95. The highest BCUT2D eigenvalue weighted by Crippen LogP contribution is 2.35. The number of nitrogens with one attached hydrogen (secondary N) is 1. The predicted octanol–water partition coefficient (Wildman–Crippen LogP) is 2.72. The fourth-order valence-corrected chi connectivity index (χ4v) is 3.04. The van der Waals surface area contributed by atoms with Crippen LogP contribution in [-0.4, -0.2) is 45.9 Å². The smallest absolute Gasteiger partial charge is 0.331 e. The van der Waals surface area contributed by atoms with Gasteiger partial charge >= 0.3 is 5.97 Å². The molecular formula is C20H27NO6. The highest BCUT2D eigenvalue weighted by Gasteiger charge is 2.16. The molecule has 7 heteroatoms. The summed E-state index contributed by atoms with van der Waals surface area (Å²) < 4.78 is 20.8. The van der Waals surface area contributed by atoms with Crippen LogP contribution in [0.25, 0.3) is 6.08 Å². The number of benzene rings is 1. The molecule has 1 amide bonds. The molecular weight excluding hydrogens is 350 g/mol. The van der Waals surface area contributed by atoms with Crippen molar-refractivity contribution in [3.05, 3.63) is 23.8 Å². The van der Waals surface area contributed by atoms with Gasteiger partial charge in [-0.15, -0.1) is 0 Å². The number of esters is 1. The van der Waals surface area contributed by atoms with Gasteiger partial charge in [0.2, 0.25) is 0 Å². The molecule has 0 spiro atoms. The van der Waals surface area contributed by atoms with Crippen LogP contribution >= 0.6 is 0 Å². The Kier molecular flexibility index (Phi) is 7.98. The molecule has 2 rings (SSSR count).